The highest BCUT2D eigenvalue weighted by molar-refractivity contribution is 8.55. The zero-order valence-corrected chi connectivity index (χ0v) is 73.2. The minimum atomic E-state index is -4.09. The summed E-state index contributed by atoms with van der Waals surface area (Å²) in [6, 6.07) is 14.5. The van der Waals surface area contributed by atoms with E-state index in [2.05, 4.69) is 98.7 Å². The van der Waals surface area contributed by atoms with Crippen molar-refractivity contribution in [1.82, 2.24) is 0 Å². The lowest BCUT2D eigenvalue weighted by atomic mass is 9.89. The Balaban J connectivity index is 2.52. The summed E-state index contributed by atoms with van der Waals surface area (Å²) in [6.07, 6.45) is 91.7. The molecule has 104 heavy (non-hydrogen) atoms. The molecule has 602 valence electrons. The van der Waals surface area contributed by atoms with Gasteiger partial charge in [-0.1, -0.05) is 427 Å². The molecule has 0 N–H and O–H groups in total. The Kier molecular flexibility index (Phi) is 63.6. The van der Waals surface area contributed by atoms with E-state index < -0.39 is 6.80 Å². The van der Waals surface area contributed by atoms with Gasteiger partial charge in [0.05, 0.1) is 0 Å². The smallest absolute Gasteiger partial charge is 0.408 e. The SMILES string of the molecule is CCCCCCCCCc1ccc(OP(=O)(Oc2ccc(CCCCCCCCC)c(CCCCCCCCC)c2CCCCCCCCC)Sc2ccc(CCCCCCCCC)c(CCCCCCCCC)c2CCCCCCCCC)c(CCCCCCCCC)c1CCCCCCCCC. The van der Waals surface area contributed by atoms with E-state index in [1.165, 1.54) is 447 Å². The van der Waals surface area contributed by atoms with E-state index >= 15 is 4.57 Å². The van der Waals surface area contributed by atoms with Crippen molar-refractivity contribution in [2.45, 2.75) is 530 Å². The van der Waals surface area contributed by atoms with E-state index in [1.54, 1.807) is 11.1 Å². The van der Waals surface area contributed by atoms with Crippen LogP contribution in [0, 0.1) is 0 Å². The van der Waals surface area contributed by atoms with Crippen LogP contribution in [0.3, 0.4) is 0 Å². The fourth-order valence-corrected chi connectivity index (χ4v) is 20.2. The van der Waals surface area contributed by atoms with Crippen molar-refractivity contribution in [1.29, 1.82) is 0 Å². The summed E-state index contributed by atoms with van der Waals surface area (Å²) in [6.45, 7) is 17.0. The van der Waals surface area contributed by atoms with Gasteiger partial charge in [-0.2, -0.15) is 0 Å². The summed E-state index contributed by atoms with van der Waals surface area (Å²) in [5, 5.41) is 0. The maximum Gasteiger partial charge on any atom is 0.497 e. The zero-order valence-electron chi connectivity index (χ0n) is 71.5. The summed E-state index contributed by atoms with van der Waals surface area (Å²) in [5.41, 5.74) is 13.5. The molecule has 0 radical (unpaired) electrons. The normalized spacial score (nSPS) is 11.9. The fourth-order valence-electron chi connectivity index (χ4n) is 16.7. The van der Waals surface area contributed by atoms with Crippen molar-refractivity contribution >= 4 is 18.2 Å². The van der Waals surface area contributed by atoms with Crippen LogP contribution in [0.1, 0.15) is 517 Å². The van der Waals surface area contributed by atoms with E-state index in [9.17, 15) is 0 Å². The van der Waals surface area contributed by atoms with Crippen LogP contribution in [0.4, 0.5) is 0 Å². The summed E-state index contributed by atoms with van der Waals surface area (Å²) in [7, 11) is 0. The van der Waals surface area contributed by atoms with Crippen LogP contribution in [0.25, 0.3) is 0 Å². The minimum absolute atomic E-state index is 0.855. The minimum Gasteiger partial charge on any atom is -0.408 e. The molecule has 3 rings (SSSR count). The summed E-state index contributed by atoms with van der Waals surface area (Å²) in [4.78, 5) is 1.17. The topological polar surface area (TPSA) is 35.5 Å². The van der Waals surface area contributed by atoms with Crippen LogP contribution in [0.5, 0.6) is 11.5 Å². The van der Waals surface area contributed by atoms with Crippen molar-refractivity contribution in [3.8, 4) is 11.5 Å². The largest absolute Gasteiger partial charge is 0.497 e. The molecule has 0 aliphatic carbocycles. The first-order valence-electron chi connectivity index (χ1n) is 47.4. The number of unbranched alkanes of at least 4 members (excludes halogenated alkanes) is 54. The Bertz CT molecular complexity index is 2190. The van der Waals surface area contributed by atoms with Gasteiger partial charge in [0.25, 0.3) is 0 Å². The fraction of sp³-hybridized carbons (Fsp3) is 0.818. The Hall–Kier alpha value is -2.16. The molecule has 0 saturated carbocycles. The number of rotatable bonds is 78. The molecule has 3 aromatic rings. The predicted molar refractivity (Wildman–Crippen MR) is 469 cm³/mol. The maximum atomic E-state index is 17.8. The highest BCUT2D eigenvalue weighted by Gasteiger charge is 2.36. The average molecular weight is 1480 g/mol. The van der Waals surface area contributed by atoms with Crippen molar-refractivity contribution in [3.05, 3.63) is 86.5 Å². The molecule has 0 aliphatic heterocycles. The van der Waals surface area contributed by atoms with E-state index in [1.807, 2.05) is 0 Å². The molecular formula is C99H177O3PS. The molecule has 0 bridgehead atoms. The molecule has 0 atom stereocenters. The second-order valence-electron chi connectivity index (χ2n) is 33.1. The van der Waals surface area contributed by atoms with E-state index in [4.69, 9.17) is 9.05 Å². The lowest BCUT2D eigenvalue weighted by molar-refractivity contribution is 0.402. The second kappa shape index (κ2) is 68.8. The molecule has 0 spiro atoms. The predicted octanol–water partition coefficient (Wildman–Crippen LogP) is 35.7. The van der Waals surface area contributed by atoms with E-state index in [-0.39, 0.29) is 0 Å². The molecule has 0 fully saturated rings. The standard InChI is InChI=1S/C99H177O3PS/c1-10-19-28-37-46-55-64-73-88-82-85-97(94(79-70-61-52-43-34-25-16-7)91(88)76-67-58-49-40-31-22-13-4)101-103(100,102-98-86-83-89(74-65-56-47-38-29-20-11-2)92(77-68-59-50-41-32-23-14-5)95(98)80-71-62-53-44-35-26-17-8)104-99-87-84-90(75-66-57-48-39-30-21-12-3)93(78-69-60-51-42-33-24-15-6)96(99)81-72-63-54-45-36-27-18-9/h82-87H,10-81H2,1-9H3. The highest BCUT2D eigenvalue weighted by Crippen LogP contribution is 2.65. The summed E-state index contributed by atoms with van der Waals surface area (Å²) in [5.74, 6) is 1.71. The molecule has 5 heteroatoms. The Morgan fingerprint density at radius 1 is 0.202 bits per heavy atom. The van der Waals surface area contributed by atoms with Crippen molar-refractivity contribution in [2.24, 2.45) is 0 Å². The summed E-state index contributed by atoms with van der Waals surface area (Å²) < 4.78 is 33.5. The molecular weight excluding hydrogens is 1300 g/mol. The number of hydrogen-bond acceptors (Lipinski definition) is 4. The summed E-state index contributed by atoms with van der Waals surface area (Å²) >= 11 is 1.54. The van der Waals surface area contributed by atoms with Crippen LogP contribution < -0.4 is 9.05 Å². The van der Waals surface area contributed by atoms with Crippen LogP contribution in [0.15, 0.2) is 41.3 Å². The van der Waals surface area contributed by atoms with Gasteiger partial charge in [-0.05, 0) is 184 Å². The van der Waals surface area contributed by atoms with Crippen LogP contribution in [0.2, 0.25) is 0 Å². The molecule has 0 amide bonds. The third-order valence-electron chi connectivity index (χ3n) is 23.4. The van der Waals surface area contributed by atoms with Gasteiger partial charge in [-0.15, -0.1) is 0 Å². The van der Waals surface area contributed by atoms with Gasteiger partial charge in [0, 0.05) is 16.3 Å². The first-order valence-corrected chi connectivity index (χ1v) is 50.3. The third-order valence-corrected chi connectivity index (χ3v) is 26.8. The van der Waals surface area contributed by atoms with Gasteiger partial charge in [-0.3, -0.25) is 0 Å². The second-order valence-corrected chi connectivity index (χ2v) is 36.9. The van der Waals surface area contributed by atoms with Crippen LogP contribution in [-0.4, -0.2) is 0 Å². The molecule has 0 aromatic heterocycles. The number of hydrogen-bond donors (Lipinski definition) is 0. The van der Waals surface area contributed by atoms with Crippen molar-refractivity contribution < 1.29 is 13.6 Å². The lowest BCUT2D eigenvalue weighted by Gasteiger charge is -2.27. The molecule has 0 unspecified atom stereocenters. The third kappa shape index (κ3) is 46.5. The zero-order chi connectivity index (χ0) is 74.7. The Morgan fingerprint density at radius 3 is 0.606 bits per heavy atom. The lowest BCUT2D eigenvalue weighted by Crippen LogP contribution is -2.10. The van der Waals surface area contributed by atoms with E-state index in [0.717, 1.165) is 82.1 Å². The van der Waals surface area contributed by atoms with Gasteiger partial charge >= 0.3 is 6.80 Å². The Labute approximate surface area is 655 Å². The monoisotopic (exact) mass is 1480 g/mol. The van der Waals surface area contributed by atoms with Crippen LogP contribution in [-0.2, 0) is 62.4 Å². The van der Waals surface area contributed by atoms with Crippen molar-refractivity contribution in [3.63, 3.8) is 0 Å². The number of aryl methyl sites for hydroxylation is 3. The van der Waals surface area contributed by atoms with Gasteiger partial charge < -0.3 is 9.05 Å². The molecule has 0 heterocycles. The van der Waals surface area contributed by atoms with Gasteiger partial charge in [0.15, 0.2) is 0 Å². The molecule has 3 aromatic carbocycles. The maximum absolute atomic E-state index is 17.8. The quantitative estimate of drug-likeness (QED) is 0.0417. The highest BCUT2D eigenvalue weighted by atomic mass is 32.7. The number of benzene rings is 3. The molecule has 0 aliphatic rings. The average Bonchev–Trinajstić information content (AvgIpc) is 0.781. The molecule has 0 saturated heterocycles. The van der Waals surface area contributed by atoms with Gasteiger partial charge in [0.1, 0.15) is 11.5 Å². The first-order chi connectivity index (χ1) is 51.3. The first kappa shape index (κ1) is 96.0. The van der Waals surface area contributed by atoms with Gasteiger partial charge in [0.2, 0.25) is 0 Å². The van der Waals surface area contributed by atoms with Crippen LogP contribution >= 0.6 is 18.2 Å². The van der Waals surface area contributed by atoms with E-state index in [0.29, 0.717) is 0 Å². The van der Waals surface area contributed by atoms with Crippen molar-refractivity contribution in [2.75, 3.05) is 0 Å². The Morgan fingerprint density at radius 2 is 0.375 bits per heavy atom. The molecule has 3 nitrogen and oxygen atoms in total. The van der Waals surface area contributed by atoms with Gasteiger partial charge in [-0.25, -0.2) is 4.57 Å².